The highest BCUT2D eigenvalue weighted by Crippen LogP contribution is 2.35. The van der Waals surface area contributed by atoms with E-state index in [-0.39, 0.29) is 11.5 Å². The van der Waals surface area contributed by atoms with Gasteiger partial charge in [0.05, 0.1) is 17.4 Å². The molecule has 1 N–H and O–H groups in total. The van der Waals surface area contributed by atoms with E-state index >= 15 is 0 Å². The van der Waals surface area contributed by atoms with E-state index in [1.54, 1.807) is 32.9 Å². The van der Waals surface area contributed by atoms with Crippen LogP contribution in [0.5, 0.6) is 5.75 Å². The van der Waals surface area contributed by atoms with Crippen molar-refractivity contribution in [2.45, 2.75) is 59.1 Å². The summed E-state index contributed by atoms with van der Waals surface area (Å²) in [6.45, 7) is 6.77. The van der Waals surface area contributed by atoms with E-state index in [1.807, 2.05) is 6.92 Å². The van der Waals surface area contributed by atoms with Crippen LogP contribution in [0.4, 0.5) is 0 Å². The Morgan fingerprint density at radius 2 is 1.86 bits per heavy atom. The highest BCUT2D eigenvalue weighted by atomic mass is 16.5. The number of aliphatic carboxylic acids is 1. The van der Waals surface area contributed by atoms with Crippen LogP contribution in [-0.2, 0) is 22.4 Å². The monoisotopic (exact) mass is 386 g/mol. The predicted octanol–water partition coefficient (Wildman–Crippen LogP) is 1.25. The number of carboxylic acid groups (broad SMARTS) is 1. The van der Waals surface area contributed by atoms with Gasteiger partial charge >= 0.3 is 5.63 Å². The van der Waals surface area contributed by atoms with Crippen LogP contribution in [0.2, 0.25) is 0 Å². The Bertz CT molecular complexity index is 991. The van der Waals surface area contributed by atoms with Crippen LogP contribution in [0.15, 0.2) is 21.3 Å². The third kappa shape index (κ3) is 3.74. The molecular formula is C21H24NO6-. The molecule has 150 valence electrons. The lowest BCUT2D eigenvalue weighted by atomic mass is 10.0. The van der Waals surface area contributed by atoms with Gasteiger partial charge in [-0.15, -0.1) is 0 Å². The molecule has 0 aliphatic heterocycles. The number of rotatable bonds is 6. The van der Waals surface area contributed by atoms with E-state index in [9.17, 15) is 19.5 Å². The highest BCUT2D eigenvalue weighted by molar-refractivity contribution is 5.90. The number of carbonyl (C=O) groups excluding carboxylic acids is 2. The molecule has 2 aromatic rings. The van der Waals surface area contributed by atoms with E-state index in [1.165, 1.54) is 0 Å². The maximum absolute atomic E-state index is 12.5. The molecule has 1 aliphatic rings. The molecule has 28 heavy (non-hydrogen) atoms. The lowest BCUT2D eigenvalue weighted by Gasteiger charge is -2.25. The largest absolute Gasteiger partial charge is 0.548 e. The summed E-state index contributed by atoms with van der Waals surface area (Å²) in [7, 11) is 0. The van der Waals surface area contributed by atoms with E-state index in [0.717, 1.165) is 24.0 Å². The normalized spacial score (nSPS) is 15.3. The molecular weight excluding hydrogens is 362 g/mol. The second-order valence-electron chi connectivity index (χ2n) is 7.65. The number of ether oxygens (including phenoxy) is 1. The van der Waals surface area contributed by atoms with Crippen LogP contribution in [0.1, 0.15) is 43.9 Å². The average Bonchev–Trinajstić information content (AvgIpc) is 3.08. The maximum Gasteiger partial charge on any atom is 0.339 e. The molecule has 7 nitrogen and oxygen atoms in total. The van der Waals surface area contributed by atoms with Gasteiger partial charge in [-0.1, -0.05) is 13.8 Å². The number of fused-ring (bicyclic) bond motifs is 3. The molecule has 1 heterocycles. The lowest BCUT2D eigenvalue weighted by Crippen LogP contribution is -2.53. The number of benzene rings is 1. The van der Waals surface area contributed by atoms with E-state index < -0.39 is 24.0 Å². The molecule has 3 rings (SSSR count). The second-order valence-corrected chi connectivity index (χ2v) is 7.65. The van der Waals surface area contributed by atoms with E-state index in [0.29, 0.717) is 28.7 Å². The third-order valence-corrected chi connectivity index (χ3v) is 5.07. The van der Waals surface area contributed by atoms with Crippen molar-refractivity contribution in [3.63, 3.8) is 0 Å². The number of aryl methyl sites for hydroxylation is 2. The first-order valence-corrected chi connectivity index (χ1v) is 9.46. The van der Waals surface area contributed by atoms with Gasteiger partial charge in [-0.25, -0.2) is 4.79 Å². The standard InChI is InChI=1S/C21H25NO6/c1-10(2)18(20(24)25)22-19(23)12(4)27-15-8-11(3)9-16-17(15)13-6-5-7-14(13)21(26)28-16/h8-10,12,18H,5-7H2,1-4H3,(H,22,23)(H,24,25)/p-1/t12-,18-/m0/s1. The number of amides is 1. The summed E-state index contributed by atoms with van der Waals surface area (Å²) >= 11 is 0. The van der Waals surface area contributed by atoms with Gasteiger partial charge in [0.1, 0.15) is 11.3 Å². The van der Waals surface area contributed by atoms with Crippen molar-refractivity contribution in [1.82, 2.24) is 5.32 Å². The topological polar surface area (TPSA) is 109 Å². The Kier molecular flexibility index (Phi) is 5.45. The Balaban J connectivity index is 1.94. The van der Waals surface area contributed by atoms with Gasteiger partial charge in [0.2, 0.25) is 0 Å². The Morgan fingerprint density at radius 1 is 1.18 bits per heavy atom. The zero-order valence-corrected chi connectivity index (χ0v) is 16.5. The van der Waals surface area contributed by atoms with Crippen molar-refractivity contribution in [1.29, 1.82) is 0 Å². The molecule has 1 aliphatic carbocycles. The molecule has 1 aromatic heterocycles. The van der Waals surface area contributed by atoms with Gasteiger partial charge in [-0.05, 0) is 62.3 Å². The summed E-state index contributed by atoms with van der Waals surface area (Å²) in [6.07, 6.45) is 1.34. The molecule has 0 bridgehead atoms. The van der Waals surface area contributed by atoms with Gasteiger partial charge in [-0.3, -0.25) is 4.79 Å². The molecule has 7 heteroatoms. The SMILES string of the molecule is Cc1cc(O[C@@H](C)C(=O)N[C@H](C(=O)[O-])C(C)C)c2c3c(c(=O)oc2c1)CCC3. The number of nitrogens with one attached hydrogen (secondary N) is 1. The summed E-state index contributed by atoms with van der Waals surface area (Å²) in [6, 6.07) is 2.47. The third-order valence-electron chi connectivity index (χ3n) is 5.07. The summed E-state index contributed by atoms with van der Waals surface area (Å²) < 4.78 is 11.4. The average molecular weight is 386 g/mol. The zero-order valence-electron chi connectivity index (χ0n) is 16.5. The molecule has 0 saturated carbocycles. The summed E-state index contributed by atoms with van der Waals surface area (Å²) in [5.41, 5.74) is 2.50. The molecule has 0 saturated heterocycles. The summed E-state index contributed by atoms with van der Waals surface area (Å²) in [5, 5.41) is 14.4. The minimum Gasteiger partial charge on any atom is -0.548 e. The van der Waals surface area contributed by atoms with Gasteiger partial charge in [0.15, 0.2) is 6.10 Å². The smallest absolute Gasteiger partial charge is 0.339 e. The first kappa shape index (κ1) is 19.9. The highest BCUT2D eigenvalue weighted by Gasteiger charge is 2.26. The van der Waals surface area contributed by atoms with Crippen LogP contribution < -0.4 is 20.8 Å². The first-order chi connectivity index (χ1) is 13.2. The minimum absolute atomic E-state index is 0.321. The number of carbonyl (C=O) groups is 2. The van der Waals surface area contributed by atoms with Crippen LogP contribution >= 0.6 is 0 Å². The van der Waals surface area contributed by atoms with Gasteiger partial charge in [0, 0.05) is 5.56 Å². The predicted molar refractivity (Wildman–Crippen MR) is 101 cm³/mol. The Labute approximate surface area is 162 Å². The molecule has 0 unspecified atom stereocenters. The van der Waals surface area contributed by atoms with E-state index in [4.69, 9.17) is 9.15 Å². The van der Waals surface area contributed by atoms with Crippen LogP contribution in [0.3, 0.4) is 0 Å². The molecule has 2 atom stereocenters. The fraction of sp³-hybridized carbons (Fsp3) is 0.476. The summed E-state index contributed by atoms with van der Waals surface area (Å²) in [5.74, 6) is -1.75. The molecule has 1 amide bonds. The van der Waals surface area contributed by atoms with Crippen LogP contribution in [-0.4, -0.2) is 24.0 Å². The molecule has 0 fully saturated rings. The lowest BCUT2D eigenvalue weighted by molar-refractivity contribution is -0.309. The van der Waals surface area contributed by atoms with E-state index in [2.05, 4.69) is 5.32 Å². The molecule has 1 aromatic carbocycles. The fourth-order valence-corrected chi connectivity index (χ4v) is 3.61. The van der Waals surface area contributed by atoms with Crippen molar-refractivity contribution >= 4 is 22.8 Å². The van der Waals surface area contributed by atoms with Crippen LogP contribution in [0, 0.1) is 12.8 Å². The summed E-state index contributed by atoms with van der Waals surface area (Å²) in [4.78, 5) is 35.9. The minimum atomic E-state index is -1.34. The van der Waals surface area contributed by atoms with Gasteiger partial charge < -0.3 is 24.4 Å². The first-order valence-electron chi connectivity index (χ1n) is 9.46. The number of hydrogen-bond acceptors (Lipinski definition) is 6. The van der Waals surface area contributed by atoms with Crippen molar-refractivity contribution in [3.8, 4) is 5.75 Å². The second kappa shape index (κ2) is 7.66. The van der Waals surface area contributed by atoms with Crippen molar-refractivity contribution < 1.29 is 23.8 Å². The quantitative estimate of drug-likeness (QED) is 0.749. The Morgan fingerprint density at radius 3 is 2.50 bits per heavy atom. The number of hydrogen-bond donors (Lipinski definition) is 1. The maximum atomic E-state index is 12.5. The molecule has 0 radical (unpaired) electrons. The van der Waals surface area contributed by atoms with Gasteiger partial charge in [-0.2, -0.15) is 0 Å². The fourth-order valence-electron chi connectivity index (χ4n) is 3.61. The van der Waals surface area contributed by atoms with Crippen molar-refractivity contribution in [3.05, 3.63) is 39.2 Å². The zero-order chi connectivity index (χ0) is 20.6. The van der Waals surface area contributed by atoms with Crippen molar-refractivity contribution in [2.75, 3.05) is 0 Å². The van der Waals surface area contributed by atoms with Crippen LogP contribution in [0.25, 0.3) is 11.0 Å². The Hall–Kier alpha value is -2.83. The number of carboxylic acids is 1. The van der Waals surface area contributed by atoms with Gasteiger partial charge in [0.25, 0.3) is 5.91 Å². The molecule has 0 spiro atoms. The van der Waals surface area contributed by atoms with Crippen molar-refractivity contribution in [2.24, 2.45) is 5.92 Å².